The zero-order valence-electron chi connectivity index (χ0n) is 14.8. The van der Waals surface area contributed by atoms with E-state index < -0.39 is 0 Å². The smallest absolute Gasteiger partial charge is 0.135 e. The number of nitrogens with one attached hydrogen (secondary N) is 1. The van der Waals surface area contributed by atoms with Crippen LogP contribution in [0.1, 0.15) is 42.5 Å². The Kier molecular flexibility index (Phi) is 5.17. The minimum Gasteiger partial charge on any atom is -0.325 e. The predicted octanol–water partition coefficient (Wildman–Crippen LogP) is 4.11. The van der Waals surface area contributed by atoms with Crippen LogP contribution in [0.25, 0.3) is 0 Å². The van der Waals surface area contributed by atoms with Crippen LogP contribution in [0.3, 0.4) is 0 Å². The first-order valence-corrected chi connectivity index (χ1v) is 9.87. The summed E-state index contributed by atoms with van der Waals surface area (Å²) in [6.45, 7) is 3.90. The van der Waals surface area contributed by atoms with E-state index in [1.807, 2.05) is 30.6 Å². The third-order valence-electron chi connectivity index (χ3n) is 4.58. The summed E-state index contributed by atoms with van der Waals surface area (Å²) >= 11 is 1.65. The molecule has 4 heterocycles. The molecule has 0 bridgehead atoms. The molecular weight excluding hydrogens is 344 g/mol. The fourth-order valence-electron chi connectivity index (χ4n) is 3.43. The van der Waals surface area contributed by atoms with E-state index in [0.717, 1.165) is 48.4 Å². The lowest BCUT2D eigenvalue weighted by atomic mass is 9.98. The van der Waals surface area contributed by atoms with E-state index in [1.165, 1.54) is 12.8 Å². The molecule has 0 unspecified atom stereocenters. The van der Waals surface area contributed by atoms with Crippen molar-refractivity contribution >= 4 is 23.0 Å². The molecule has 4 rings (SSSR count). The Hall–Kier alpha value is -2.38. The molecule has 6 nitrogen and oxygen atoms in total. The van der Waals surface area contributed by atoms with Gasteiger partial charge in [0.25, 0.3) is 0 Å². The van der Waals surface area contributed by atoms with Gasteiger partial charge in [0.2, 0.25) is 0 Å². The predicted molar refractivity (Wildman–Crippen MR) is 103 cm³/mol. The van der Waals surface area contributed by atoms with Crippen LogP contribution < -0.4 is 5.32 Å². The van der Waals surface area contributed by atoms with E-state index in [9.17, 15) is 0 Å². The van der Waals surface area contributed by atoms with Crippen LogP contribution in [0, 0.1) is 6.92 Å². The largest absolute Gasteiger partial charge is 0.325 e. The van der Waals surface area contributed by atoms with E-state index in [-0.39, 0.29) is 0 Å². The Morgan fingerprint density at radius 2 is 2.15 bits per heavy atom. The van der Waals surface area contributed by atoms with Crippen molar-refractivity contribution in [3.63, 3.8) is 0 Å². The quantitative estimate of drug-likeness (QED) is 0.733. The zero-order chi connectivity index (χ0) is 17.8. The molecule has 26 heavy (non-hydrogen) atoms. The monoisotopic (exact) mass is 366 g/mol. The van der Waals surface area contributed by atoms with Gasteiger partial charge in [-0.3, -0.25) is 4.90 Å². The van der Waals surface area contributed by atoms with Gasteiger partial charge >= 0.3 is 0 Å². The number of hydrogen-bond acceptors (Lipinski definition) is 7. The molecule has 0 spiro atoms. The maximum absolute atomic E-state index is 4.75. The van der Waals surface area contributed by atoms with Gasteiger partial charge in [-0.1, -0.05) is 12.5 Å². The third-order valence-corrected chi connectivity index (χ3v) is 5.22. The van der Waals surface area contributed by atoms with Crippen LogP contribution in [0.4, 0.5) is 11.6 Å². The SMILES string of the molecule is Cc1nc(Nc2ccccn2)cc([C@H]2CCCCN2Cc2cscn2)n1. The van der Waals surface area contributed by atoms with Crippen molar-refractivity contribution in [2.45, 2.75) is 38.8 Å². The zero-order valence-corrected chi connectivity index (χ0v) is 15.6. The first-order chi connectivity index (χ1) is 12.8. The minimum atomic E-state index is 0.302. The van der Waals surface area contributed by atoms with Gasteiger partial charge < -0.3 is 5.32 Å². The average molecular weight is 366 g/mol. The molecule has 1 N–H and O–H groups in total. The van der Waals surface area contributed by atoms with Crippen LogP contribution in [0.5, 0.6) is 0 Å². The van der Waals surface area contributed by atoms with Crippen molar-refractivity contribution in [2.75, 3.05) is 11.9 Å². The van der Waals surface area contributed by atoms with Crippen molar-refractivity contribution < 1.29 is 0 Å². The summed E-state index contributed by atoms with van der Waals surface area (Å²) in [5, 5.41) is 5.42. The van der Waals surface area contributed by atoms with Crippen molar-refractivity contribution in [1.29, 1.82) is 0 Å². The molecule has 0 saturated carbocycles. The summed E-state index contributed by atoms with van der Waals surface area (Å²) in [4.78, 5) is 20.5. The highest BCUT2D eigenvalue weighted by molar-refractivity contribution is 7.07. The van der Waals surface area contributed by atoms with Gasteiger partial charge in [0.15, 0.2) is 0 Å². The van der Waals surface area contributed by atoms with Crippen molar-refractivity contribution in [3.8, 4) is 0 Å². The molecule has 1 saturated heterocycles. The lowest BCUT2D eigenvalue weighted by Crippen LogP contribution is -2.33. The molecule has 134 valence electrons. The van der Waals surface area contributed by atoms with Gasteiger partial charge in [0.05, 0.1) is 22.9 Å². The van der Waals surface area contributed by atoms with E-state index >= 15 is 0 Å². The number of hydrogen-bond donors (Lipinski definition) is 1. The molecule has 0 amide bonds. The summed E-state index contributed by atoms with van der Waals surface area (Å²) in [5.74, 6) is 2.37. The van der Waals surface area contributed by atoms with E-state index in [4.69, 9.17) is 4.98 Å². The summed E-state index contributed by atoms with van der Waals surface area (Å²) < 4.78 is 0. The van der Waals surface area contributed by atoms with Gasteiger partial charge in [-0.25, -0.2) is 19.9 Å². The van der Waals surface area contributed by atoms with Crippen LogP contribution >= 0.6 is 11.3 Å². The topological polar surface area (TPSA) is 66.8 Å². The van der Waals surface area contributed by atoms with Crippen LogP contribution in [0.2, 0.25) is 0 Å². The number of aromatic nitrogens is 4. The Bertz CT molecular complexity index is 837. The summed E-state index contributed by atoms with van der Waals surface area (Å²) in [7, 11) is 0. The second-order valence-electron chi connectivity index (χ2n) is 6.53. The highest BCUT2D eigenvalue weighted by atomic mass is 32.1. The van der Waals surface area contributed by atoms with Crippen LogP contribution in [-0.4, -0.2) is 31.4 Å². The second kappa shape index (κ2) is 7.88. The van der Waals surface area contributed by atoms with Gasteiger partial charge in [0.1, 0.15) is 17.5 Å². The number of nitrogens with zero attached hydrogens (tertiary/aromatic N) is 5. The summed E-state index contributed by atoms with van der Waals surface area (Å²) in [5.41, 5.74) is 4.11. The standard InChI is InChI=1S/C19H22N6S/c1-14-22-16(10-19(23-14)24-18-7-2-4-8-20-18)17-6-3-5-9-25(17)11-15-12-26-13-21-15/h2,4,7-8,10,12-13,17H,3,5-6,9,11H2,1H3,(H,20,22,23,24)/t17-/m1/s1. The number of likely N-dealkylation sites (tertiary alicyclic amines) is 1. The Labute approximate surface area is 157 Å². The highest BCUT2D eigenvalue weighted by Crippen LogP contribution is 2.32. The van der Waals surface area contributed by atoms with Crippen molar-refractivity contribution in [3.05, 3.63) is 58.6 Å². The molecule has 0 aliphatic carbocycles. The first-order valence-electron chi connectivity index (χ1n) is 8.93. The van der Waals surface area contributed by atoms with Gasteiger partial charge in [-0.15, -0.1) is 11.3 Å². The first kappa shape index (κ1) is 17.1. The normalized spacial score (nSPS) is 18.0. The number of piperidine rings is 1. The molecule has 1 atom stereocenters. The molecule has 0 aromatic carbocycles. The third kappa shape index (κ3) is 4.05. The Balaban J connectivity index is 1.58. The van der Waals surface area contributed by atoms with E-state index in [0.29, 0.717) is 6.04 Å². The van der Waals surface area contributed by atoms with Gasteiger partial charge in [0, 0.05) is 24.2 Å². The number of anilines is 2. The molecule has 0 radical (unpaired) electrons. The van der Waals surface area contributed by atoms with Gasteiger partial charge in [-0.2, -0.15) is 0 Å². The number of pyridine rings is 1. The summed E-state index contributed by atoms with van der Waals surface area (Å²) in [6, 6.07) is 8.16. The Morgan fingerprint density at radius 3 is 2.96 bits per heavy atom. The van der Waals surface area contributed by atoms with Crippen LogP contribution in [0.15, 0.2) is 41.4 Å². The average Bonchev–Trinajstić information content (AvgIpc) is 3.16. The number of thiazole rings is 1. The van der Waals surface area contributed by atoms with Gasteiger partial charge in [-0.05, 0) is 38.4 Å². The van der Waals surface area contributed by atoms with Crippen molar-refractivity contribution in [1.82, 2.24) is 24.8 Å². The van der Waals surface area contributed by atoms with Crippen LogP contribution in [-0.2, 0) is 6.54 Å². The highest BCUT2D eigenvalue weighted by Gasteiger charge is 2.26. The fourth-order valence-corrected chi connectivity index (χ4v) is 3.98. The molecule has 1 fully saturated rings. The van der Waals surface area contributed by atoms with E-state index in [2.05, 4.69) is 36.6 Å². The Morgan fingerprint density at radius 1 is 1.19 bits per heavy atom. The second-order valence-corrected chi connectivity index (χ2v) is 7.25. The maximum Gasteiger partial charge on any atom is 0.135 e. The van der Waals surface area contributed by atoms with E-state index in [1.54, 1.807) is 17.5 Å². The number of rotatable bonds is 5. The summed E-state index contributed by atoms with van der Waals surface area (Å²) in [6.07, 6.45) is 5.34. The lowest BCUT2D eigenvalue weighted by Gasteiger charge is -2.35. The molecule has 3 aromatic heterocycles. The molecule has 1 aliphatic rings. The lowest BCUT2D eigenvalue weighted by molar-refractivity contribution is 0.135. The van der Waals surface area contributed by atoms with Crippen molar-refractivity contribution in [2.24, 2.45) is 0 Å². The molecule has 3 aromatic rings. The molecule has 7 heteroatoms. The fraction of sp³-hybridized carbons (Fsp3) is 0.368. The number of aryl methyl sites for hydroxylation is 1. The minimum absolute atomic E-state index is 0.302. The molecular formula is C19H22N6S. The molecule has 1 aliphatic heterocycles. The maximum atomic E-state index is 4.75.